The zero-order chi connectivity index (χ0) is 18.1. The second-order valence-corrected chi connectivity index (χ2v) is 6.80. The summed E-state index contributed by atoms with van der Waals surface area (Å²) in [6, 6.07) is 15.0. The molecule has 0 bridgehead atoms. The van der Waals surface area contributed by atoms with Crippen molar-refractivity contribution in [1.29, 1.82) is 0 Å². The molecule has 0 atom stereocenters. The highest BCUT2D eigenvalue weighted by Gasteiger charge is 2.06. The van der Waals surface area contributed by atoms with E-state index in [1.54, 1.807) is 12.1 Å². The maximum atomic E-state index is 12.2. The van der Waals surface area contributed by atoms with E-state index in [2.05, 4.69) is 17.0 Å². The molecule has 5 heteroatoms. The summed E-state index contributed by atoms with van der Waals surface area (Å²) in [6.45, 7) is 2.68. The van der Waals surface area contributed by atoms with Crippen molar-refractivity contribution in [3.8, 4) is 0 Å². The van der Waals surface area contributed by atoms with Crippen LogP contribution in [0, 0.1) is 0 Å². The van der Waals surface area contributed by atoms with Gasteiger partial charge in [-0.15, -0.1) is 0 Å². The number of nitrogens with one attached hydrogen (secondary N) is 1. The molecule has 2 aromatic carbocycles. The van der Waals surface area contributed by atoms with E-state index in [0.29, 0.717) is 24.1 Å². The third-order valence-corrected chi connectivity index (χ3v) is 4.71. The highest BCUT2D eigenvalue weighted by atomic mass is 32.2. The molecule has 132 valence electrons. The quantitative estimate of drug-likeness (QED) is 0.732. The third kappa shape index (κ3) is 5.94. The van der Waals surface area contributed by atoms with Gasteiger partial charge < -0.3 is 10.1 Å². The molecule has 2 aromatic rings. The van der Waals surface area contributed by atoms with Gasteiger partial charge in [-0.1, -0.05) is 31.2 Å². The van der Waals surface area contributed by atoms with Crippen molar-refractivity contribution in [2.45, 2.75) is 19.1 Å². The van der Waals surface area contributed by atoms with Crippen LogP contribution >= 0.6 is 11.8 Å². The summed E-state index contributed by atoms with van der Waals surface area (Å²) in [5, 5.41) is 2.92. The first-order valence-electron chi connectivity index (χ1n) is 8.26. The Balaban J connectivity index is 1.80. The van der Waals surface area contributed by atoms with Crippen LogP contribution in [0.4, 0.5) is 0 Å². The summed E-state index contributed by atoms with van der Waals surface area (Å²) in [4.78, 5) is 23.6. The zero-order valence-electron chi connectivity index (χ0n) is 14.6. The molecule has 25 heavy (non-hydrogen) atoms. The van der Waals surface area contributed by atoms with Gasteiger partial charge in [0.1, 0.15) is 0 Å². The molecule has 0 unspecified atom stereocenters. The number of rotatable bonds is 8. The van der Waals surface area contributed by atoms with Crippen LogP contribution in [-0.2, 0) is 16.9 Å². The molecule has 0 aliphatic rings. The Morgan fingerprint density at radius 2 is 1.56 bits per heavy atom. The van der Waals surface area contributed by atoms with E-state index in [1.165, 1.54) is 12.7 Å². The number of amides is 1. The number of ether oxygens (including phenoxy) is 1. The molecule has 0 aliphatic carbocycles. The van der Waals surface area contributed by atoms with E-state index < -0.39 is 0 Å². The molecule has 0 fully saturated rings. The number of hydrogen-bond donors (Lipinski definition) is 1. The number of methoxy groups -OCH3 is 1. The van der Waals surface area contributed by atoms with E-state index in [0.717, 1.165) is 17.1 Å². The molecule has 1 amide bonds. The van der Waals surface area contributed by atoms with E-state index in [1.807, 2.05) is 48.2 Å². The normalized spacial score (nSPS) is 10.3. The fraction of sp³-hybridized carbons (Fsp3) is 0.300. The molecule has 4 nitrogen and oxygen atoms in total. The van der Waals surface area contributed by atoms with Gasteiger partial charge in [0.2, 0.25) is 0 Å². The Morgan fingerprint density at radius 3 is 2.16 bits per heavy atom. The minimum absolute atomic E-state index is 0.0686. The van der Waals surface area contributed by atoms with Gasteiger partial charge in [0, 0.05) is 17.9 Å². The van der Waals surface area contributed by atoms with Gasteiger partial charge in [-0.05, 0) is 47.6 Å². The summed E-state index contributed by atoms with van der Waals surface area (Å²) in [5.41, 5.74) is 3.48. The molecule has 2 rings (SSSR count). The fourth-order valence-electron chi connectivity index (χ4n) is 2.32. The molecule has 0 aromatic heterocycles. The first kappa shape index (κ1) is 19.1. The average molecular weight is 357 g/mol. The molecule has 0 spiro atoms. The van der Waals surface area contributed by atoms with Crippen LogP contribution in [0.3, 0.4) is 0 Å². The van der Waals surface area contributed by atoms with Gasteiger partial charge in [0.25, 0.3) is 5.91 Å². The predicted octanol–water partition coefficient (Wildman–Crippen LogP) is 3.70. The monoisotopic (exact) mass is 357 g/mol. The van der Waals surface area contributed by atoms with Crippen molar-refractivity contribution in [2.75, 3.05) is 19.4 Å². The Morgan fingerprint density at radius 1 is 0.960 bits per heavy atom. The molecular formula is C20H23NO3S. The second-order valence-electron chi connectivity index (χ2n) is 5.53. The van der Waals surface area contributed by atoms with Crippen molar-refractivity contribution in [2.24, 2.45) is 0 Å². The van der Waals surface area contributed by atoms with Gasteiger partial charge in [-0.2, -0.15) is 11.8 Å². The number of carbonyl (C=O) groups is 2. The number of benzene rings is 2. The van der Waals surface area contributed by atoms with Gasteiger partial charge >= 0.3 is 5.97 Å². The summed E-state index contributed by atoms with van der Waals surface area (Å²) in [7, 11) is 1.36. The topological polar surface area (TPSA) is 55.4 Å². The number of thioether (sulfide) groups is 1. The summed E-state index contributed by atoms with van der Waals surface area (Å²) in [6.07, 6.45) is 0.707. The van der Waals surface area contributed by atoms with Crippen molar-refractivity contribution >= 4 is 23.6 Å². The number of esters is 1. The van der Waals surface area contributed by atoms with Gasteiger partial charge in [0.15, 0.2) is 0 Å². The standard InChI is InChI=1S/C20H23NO3S/c1-3-25-14-16-6-8-17(9-7-16)19(22)21-13-12-15-4-10-18(11-5-15)20(23)24-2/h4-11H,3,12-14H2,1-2H3,(H,21,22). The van der Waals surface area contributed by atoms with Crippen molar-refractivity contribution in [3.05, 3.63) is 70.8 Å². The summed E-state index contributed by atoms with van der Waals surface area (Å²) >= 11 is 1.86. The largest absolute Gasteiger partial charge is 0.465 e. The maximum Gasteiger partial charge on any atom is 0.337 e. The average Bonchev–Trinajstić information content (AvgIpc) is 2.66. The third-order valence-electron chi connectivity index (χ3n) is 3.76. The summed E-state index contributed by atoms with van der Waals surface area (Å²) in [5.74, 6) is 1.64. The van der Waals surface area contributed by atoms with Crippen LogP contribution in [0.1, 0.15) is 38.8 Å². The number of carbonyl (C=O) groups excluding carboxylic acids is 2. The van der Waals surface area contributed by atoms with Crippen LogP contribution in [-0.4, -0.2) is 31.3 Å². The van der Waals surface area contributed by atoms with Crippen molar-refractivity contribution < 1.29 is 14.3 Å². The van der Waals surface area contributed by atoms with Gasteiger partial charge in [-0.3, -0.25) is 4.79 Å². The Labute approximate surface area is 153 Å². The minimum Gasteiger partial charge on any atom is -0.465 e. The lowest BCUT2D eigenvalue weighted by atomic mass is 10.1. The Bertz CT molecular complexity index is 696. The van der Waals surface area contributed by atoms with E-state index >= 15 is 0 Å². The SMILES string of the molecule is CCSCc1ccc(C(=O)NCCc2ccc(C(=O)OC)cc2)cc1. The van der Waals surface area contributed by atoms with Crippen LogP contribution in [0.2, 0.25) is 0 Å². The van der Waals surface area contributed by atoms with Crippen LogP contribution in [0.25, 0.3) is 0 Å². The molecule has 0 saturated carbocycles. The second kappa shape index (κ2) is 9.89. The molecule has 0 heterocycles. The molecule has 0 saturated heterocycles. The number of hydrogen-bond acceptors (Lipinski definition) is 4. The molecule has 0 aliphatic heterocycles. The Hall–Kier alpha value is -2.27. The van der Waals surface area contributed by atoms with Crippen molar-refractivity contribution in [1.82, 2.24) is 5.32 Å². The van der Waals surface area contributed by atoms with Crippen molar-refractivity contribution in [3.63, 3.8) is 0 Å². The van der Waals surface area contributed by atoms with Gasteiger partial charge in [0.05, 0.1) is 12.7 Å². The highest BCUT2D eigenvalue weighted by molar-refractivity contribution is 7.98. The fourth-order valence-corrected chi connectivity index (χ4v) is 2.95. The summed E-state index contributed by atoms with van der Waals surface area (Å²) < 4.78 is 4.67. The van der Waals surface area contributed by atoms with Crippen LogP contribution in [0.5, 0.6) is 0 Å². The smallest absolute Gasteiger partial charge is 0.337 e. The maximum absolute atomic E-state index is 12.2. The first-order chi connectivity index (χ1) is 12.1. The lowest BCUT2D eigenvalue weighted by Gasteiger charge is -2.07. The molecular weight excluding hydrogens is 334 g/mol. The first-order valence-corrected chi connectivity index (χ1v) is 9.41. The highest BCUT2D eigenvalue weighted by Crippen LogP contribution is 2.12. The lowest BCUT2D eigenvalue weighted by Crippen LogP contribution is -2.25. The van der Waals surface area contributed by atoms with Crippen LogP contribution in [0.15, 0.2) is 48.5 Å². The predicted molar refractivity (Wildman–Crippen MR) is 102 cm³/mol. The van der Waals surface area contributed by atoms with Crippen LogP contribution < -0.4 is 5.32 Å². The van der Waals surface area contributed by atoms with Gasteiger partial charge in [-0.25, -0.2) is 4.79 Å². The molecule has 0 radical (unpaired) electrons. The Kier molecular flexibility index (Phi) is 7.54. The zero-order valence-corrected chi connectivity index (χ0v) is 15.4. The minimum atomic E-state index is -0.347. The van der Waals surface area contributed by atoms with E-state index in [9.17, 15) is 9.59 Å². The van der Waals surface area contributed by atoms with E-state index in [-0.39, 0.29) is 11.9 Å². The molecule has 1 N–H and O–H groups in total. The van der Waals surface area contributed by atoms with E-state index in [4.69, 9.17) is 0 Å². The lowest BCUT2D eigenvalue weighted by molar-refractivity contribution is 0.0600.